The number of halogens is 2. The summed E-state index contributed by atoms with van der Waals surface area (Å²) in [5.74, 6) is -0.224. The van der Waals surface area contributed by atoms with Crippen molar-refractivity contribution in [1.82, 2.24) is 9.55 Å². The molecule has 27 heavy (non-hydrogen) atoms. The second kappa shape index (κ2) is 7.21. The fourth-order valence-corrected chi connectivity index (χ4v) is 3.18. The summed E-state index contributed by atoms with van der Waals surface area (Å²) in [6, 6.07) is 20.7. The molecule has 6 heteroatoms. The summed E-state index contributed by atoms with van der Waals surface area (Å²) in [6.07, 6.45) is 0. The molecule has 1 N–H and O–H groups in total. The van der Waals surface area contributed by atoms with Crippen LogP contribution in [-0.4, -0.2) is 15.5 Å². The first kappa shape index (κ1) is 17.2. The van der Waals surface area contributed by atoms with Crippen LogP contribution in [0.1, 0.15) is 0 Å². The van der Waals surface area contributed by atoms with Gasteiger partial charge in [0, 0.05) is 10.7 Å². The number of aromatic nitrogens is 2. The average Bonchev–Trinajstić information content (AvgIpc) is 3.00. The van der Waals surface area contributed by atoms with E-state index in [0.717, 1.165) is 5.52 Å². The van der Waals surface area contributed by atoms with Gasteiger partial charge < -0.3 is 9.88 Å². The van der Waals surface area contributed by atoms with Gasteiger partial charge in [-0.3, -0.25) is 4.79 Å². The fraction of sp³-hybridized carbons (Fsp3) is 0.0476. The highest BCUT2D eigenvalue weighted by Crippen LogP contribution is 2.27. The Balaban J connectivity index is 1.73. The van der Waals surface area contributed by atoms with E-state index < -0.39 is 0 Å². The standard InChI is InChI=1S/C21H15ClFN3O/c22-14-6-5-7-15(12-14)24-20(27)13-26-19-11-4-3-10-18(19)25-21(26)16-8-1-2-9-17(16)23/h1-12H,13H2,(H,24,27). The smallest absolute Gasteiger partial charge is 0.244 e. The van der Waals surface area contributed by atoms with Crippen LogP contribution in [0.3, 0.4) is 0 Å². The van der Waals surface area contributed by atoms with Crippen LogP contribution in [0.2, 0.25) is 5.02 Å². The number of carbonyl (C=O) groups is 1. The van der Waals surface area contributed by atoms with Crippen LogP contribution in [0, 0.1) is 5.82 Å². The number of carbonyl (C=O) groups excluding carboxylic acids is 1. The minimum atomic E-state index is -0.385. The lowest BCUT2D eigenvalue weighted by Crippen LogP contribution is -2.19. The number of amides is 1. The molecule has 1 amide bonds. The lowest BCUT2D eigenvalue weighted by molar-refractivity contribution is -0.116. The van der Waals surface area contributed by atoms with Crippen LogP contribution >= 0.6 is 11.6 Å². The Morgan fingerprint density at radius 3 is 2.63 bits per heavy atom. The van der Waals surface area contributed by atoms with Crippen molar-refractivity contribution in [3.8, 4) is 11.4 Å². The molecule has 0 radical (unpaired) electrons. The Hall–Kier alpha value is -3.18. The zero-order valence-corrected chi connectivity index (χ0v) is 14.9. The predicted molar refractivity (Wildman–Crippen MR) is 105 cm³/mol. The molecule has 0 aliphatic heterocycles. The van der Waals surface area contributed by atoms with Crippen molar-refractivity contribution in [1.29, 1.82) is 0 Å². The van der Waals surface area contributed by atoms with Crippen molar-refractivity contribution in [3.63, 3.8) is 0 Å². The highest BCUT2D eigenvalue weighted by molar-refractivity contribution is 6.30. The van der Waals surface area contributed by atoms with Crippen LogP contribution in [0.25, 0.3) is 22.4 Å². The first-order valence-corrected chi connectivity index (χ1v) is 8.75. The first-order chi connectivity index (χ1) is 13.1. The van der Waals surface area contributed by atoms with E-state index >= 15 is 0 Å². The largest absolute Gasteiger partial charge is 0.324 e. The van der Waals surface area contributed by atoms with Crippen LogP contribution < -0.4 is 5.32 Å². The SMILES string of the molecule is O=C(Cn1c(-c2ccccc2F)nc2ccccc21)Nc1cccc(Cl)c1. The number of nitrogens with zero attached hydrogens (tertiary/aromatic N) is 2. The van der Waals surface area contributed by atoms with Gasteiger partial charge in [-0.15, -0.1) is 0 Å². The molecule has 0 saturated carbocycles. The summed E-state index contributed by atoms with van der Waals surface area (Å²) in [5.41, 5.74) is 2.41. The van der Waals surface area contributed by atoms with Gasteiger partial charge in [0.2, 0.25) is 5.91 Å². The summed E-state index contributed by atoms with van der Waals surface area (Å²) in [6.45, 7) is -0.00328. The van der Waals surface area contributed by atoms with E-state index in [2.05, 4.69) is 10.3 Å². The molecule has 0 aliphatic carbocycles. The van der Waals surface area contributed by atoms with Gasteiger partial charge in [0.25, 0.3) is 0 Å². The van der Waals surface area contributed by atoms with Crippen LogP contribution in [0.5, 0.6) is 0 Å². The van der Waals surface area contributed by atoms with Crippen LogP contribution in [0.4, 0.5) is 10.1 Å². The molecule has 0 atom stereocenters. The molecule has 1 aromatic heterocycles. The molecule has 0 saturated heterocycles. The van der Waals surface area contributed by atoms with E-state index in [0.29, 0.717) is 27.6 Å². The quantitative estimate of drug-likeness (QED) is 0.534. The zero-order chi connectivity index (χ0) is 18.8. The van der Waals surface area contributed by atoms with Crippen molar-refractivity contribution >= 4 is 34.2 Å². The second-order valence-electron chi connectivity index (χ2n) is 6.05. The summed E-state index contributed by atoms with van der Waals surface area (Å²) in [4.78, 5) is 17.1. The molecule has 134 valence electrons. The molecule has 0 bridgehead atoms. The maximum absolute atomic E-state index is 14.3. The summed E-state index contributed by atoms with van der Waals surface area (Å²) < 4.78 is 16.1. The van der Waals surface area contributed by atoms with Crippen LogP contribution in [-0.2, 0) is 11.3 Å². The van der Waals surface area contributed by atoms with Crippen molar-refractivity contribution < 1.29 is 9.18 Å². The van der Waals surface area contributed by atoms with Gasteiger partial charge in [-0.2, -0.15) is 0 Å². The van der Waals surface area contributed by atoms with Gasteiger partial charge in [0.1, 0.15) is 18.2 Å². The van der Waals surface area contributed by atoms with Gasteiger partial charge in [-0.05, 0) is 42.5 Å². The number of para-hydroxylation sites is 2. The van der Waals surface area contributed by atoms with Crippen molar-refractivity contribution in [2.75, 3.05) is 5.32 Å². The van der Waals surface area contributed by atoms with E-state index in [9.17, 15) is 9.18 Å². The number of nitrogens with one attached hydrogen (secondary N) is 1. The van der Waals surface area contributed by atoms with Crippen molar-refractivity contribution in [2.45, 2.75) is 6.54 Å². The molecule has 4 aromatic rings. The maximum atomic E-state index is 14.3. The van der Waals surface area contributed by atoms with E-state index in [1.807, 2.05) is 24.3 Å². The minimum Gasteiger partial charge on any atom is -0.324 e. The Morgan fingerprint density at radius 1 is 1.04 bits per heavy atom. The van der Waals surface area contributed by atoms with Crippen molar-refractivity contribution in [3.05, 3.63) is 83.6 Å². The molecule has 4 nitrogen and oxygen atoms in total. The normalized spacial score (nSPS) is 10.9. The lowest BCUT2D eigenvalue weighted by Gasteiger charge is -2.11. The van der Waals surface area contributed by atoms with Gasteiger partial charge in [0.15, 0.2) is 0 Å². The van der Waals surface area contributed by atoms with Gasteiger partial charge >= 0.3 is 0 Å². The van der Waals surface area contributed by atoms with Gasteiger partial charge in [-0.1, -0.05) is 41.9 Å². The predicted octanol–water partition coefficient (Wildman–Crippen LogP) is 5.13. The molecule has 0 spiro atoms. The molecule has 1 heterocycles. The molecular formula is C21H15ClFN3O. The third-order valence-electron chi connectivity index (χ3n) is 4.18. The van der Waals surface area contributed by atoms with E-state index in [-0.39, 0.29) is 18.3 Å². The molecule has 0 fully saturated rings. The number of benzene rings is 3. The topological polar surface area (TPSA) is 46.9 Å². The first-order valence-electron chi connectivity index (χ1n) is 8.37. The number of hydrogen-bond donors (Lipinski definition) is 1. The molecular weight excluding hydrogens is 365 g/mol. The minimum absolute atomic E-state index is 0.00328. The highest BCUT2D eigenvalue weighted by atomic mass is 35.5. The summed E-state index contributed by atoms with van der Waals surface area (Å²) in [7, 11) is 0. The Labute approximate surface area is 160 Å². The lowest BCUT2D eigenvalue weighted by atomic mass is 10.2. The van der Waals surface area contributed by atoms with Gasteiger partial charge in [-0.25, -0.2) is 9.37 Å². The van der Waals surface area contributed by atoms with Crippen molar-refractivity contribution in [2.24, 2.45) is 0 Å². The zero-order valence-electron chi connectivity index (χ0n) is 14.2. The third-order valence-corrected chi connectivity index (χ3v) is 4.41. The van der Waals surface area contributed by atoms with Gasteiger partial charge in [0.05, 0.1) is 16.6 Å². The monoisotopic (exact) mass is 379 g/mol. The molecule has 4 rings (SSSR count). The Bertz CT molecular complexity index is 1140. The van der Waals surface area contributed by atoms with E-state index in [1.165, 1.54) is 6.07 Å². The number of imidazole rings is 1. The summed E-state index contributed by atoms with van der Waals surface area (Å²) >= 11 is 5.96. The molecule has 3 aromatic carbocycles. The average molecular weight is 380 g/mol. The number of fused-ring (bicyclic) bond motifs is 1. The van der Waals surface area contributed by atoms with E-state index in [4.69, 9.17) is 11.6 Å². The maximum Gasteiger partial charge on any atom is 0.244 e. The highest BCUT2D eigenvalue weighted by Gasteiger charge is 2.17. The molecule has 0 unspecified atom stereocenters. The van der Waals surface area contributed by atoms with E-state index in [1.54, 1.807) is 47.0 Å². The number of hydrogen-bond acceptors (Lipinski definition) is 2. The number of anilines is 1. The summed E-state index contributed by atoms with van der Waals surface area (Å²) in [5, 5.41) is 3.35. The Kier molecular flexibility index (Phi) is 4.60. The molecule has 0 aliphatic rings. The number of rotatable bonds is 4. The third kappa shape index (κ3) is 3.55. The fourth-order valence-electron chi connectivity index (χ4n) is 2.99. The Morgan fingerprint density at radius 2 is 1.81 bits per heavy atom. The van der Waals surface area contributed by atoms with Crippen LogP contribution in [0.15, 0.2) is 72.8 Å². The second-order valence-corrected chi connectivity index (χ2v) is 6.49.